The minimum Gasteiger partial charge on any atom is -0.393 e. The minimum atomic E-state index is -0.906. The van der Waals surface area contributed by atoms with Crippen LogP contribution in [0.2, 0.25) is 0 Å². The van der Waals surface area contributed by atoms with E-state index in [2.05, 4.69) is 25.8 Å². The summed E-state index contributed by atoms with van der Waals surface area (Å²) in [4.78, 5) is 0. The predicted octanol–water partition coefficient (Wildman–Crippen LogP) is 3.67. The van der Waals surface area contributed by atoms with E-state index in [1.165, 1.54) is 12.0 Å². The lowest BCUT2D eigenvalue weighted by molar-refractivity contribution is -0.0969. The standard InChI is InChI=1S/C21H30O2/c1-4-21(23)12-9-18-16-6-5-14-13-15(22)7-10-19(14,2)17(16)8-11-20(18,21)3/h1,5,15-18,22-23H,6-13H2,2-3H3/t15?,16?,17?,18?,19?,20?,21-/m0/s1. The zero-order valence-electron chi connectivity index (χ0n) is 14.5. The number of hydrogen-bond acceptors (Lipinski definition) is 2. The molecule has 4 aliphatic rings. The summed E-state index contributed by atoms with van der Waals surface area (Å²) in [6, 6.07) is 0. The van der Waals surface area contributed by atoms with Crippen molar-refractivity contribution in [1.82, 2.24) is 0 Å². The number of terminal acetylenes is 1. The van der Waals surface area contributed by atoms with Gasteiger partial charge in [0.25, 0.3) is 0 Å². The van der Waals surface area contributed by atoms with Crippen LogP contribution < -0.4 is 0 Å². The van der Waals surface area contributed by atoms with Gasteiger partial charge in [-0.1, -0.05) is 31.4 Å². The second-order valence-corrected chi connectivity index (χ2v) is 9.16. The first-order valence-electron chi connectivity index (χ1n) is 9.42. The molecule has 23 heavy (non-hydrogen) atoms. The van der Waals surface area contributed by atoms with Crippen molar-refractivity contribution in [3.8, 4) is 12.3 Å². The Morgan fingerprint density at radius 3 is 2.61 bits per heavy atom. The second kappa shape index (κ2) is 4.87. The van der Waals surface area contributed by atoms with E-state index in [4.69, 9.17) is 6.42 Å². The van der Waals surface area contributed by atoms with Crippen LogP contribution in [0.3, 0.4) is 0 Å². The molecule has 0 heterocycles. The molecule has 4 rings (SSSR count). The first-order valence-corrected chi connectivity index (χ1v) is 9.42. The summed E-state index contributed by atoms with van der Waals surface area (Å²) < 4.78 is 0. The Balaban J connectivity index is 1.69. The predicted molar refractivity (Wildman–Crippen MR) is 91.5 cm³/mol. The Bertz CT molecular complexity index is 587. The molecule has 0 aromatic heterocycles. The minimum absolute atomic E-state index is 0.112. The molecular weight excluding hydrogens is 284 g/mol. The highest BCUT2D eigenvalue weighted by molar-refractivity contribution is 5.28. The van der Waals surface area contributed by atoms with E-state index in [0.717, 1.165) is 44.9 Å². The van der Waals surface area contributed by atoms with Crippen molar-refractivity contribution in [2.75, 3.05) is 0 Å². The maximum absolute atomic E-state index is 11.0. The third kappa shape index (κ3) is 1.90. The molecule has 7 atom stereocenters. The number of fused-ring (bicyclic) bond motifs is 5. The van der Waals surface area contributed by atoms with Gasteiger partial charge in [-0.3, -0.25) is 0 Å². The van der Waals surface area contributed by atoms with Crippen molar-refractivity contribution in [3.63, 3.8) is 0 Å². The van der Waals surface area contributed by atoms with Gasteiger partial charge in [0.05, 0.1) is 6.10 Å². The summed E-state index contributed by atoms with van der Waals surface area (Å²) in [6.45, 7) is 4.68. The fraction of sp³-hybridized carbons (Fsp3) is 0.810. The zero-order valence-corrected chi connectivity index (χ0v) is 14.5. The van der Waals surface area contributed by atoms with Crippen molar-refractivity contribution >= 4 is 0 Å². The third-order valence-electron chi connectivity index (χ3n) is 8.47. The summed E-state index contributed by atoms with van der Waals surface area (Å²) in [5.74, 6) is 4.65. The van der Waals surface area contributed by atoms with Crippen LogP contribution in [0.25, 0.3) is 0 Å². The number of aliphatic hydroxyl groups is 2. The van der Waals surface area contributed by atoms with Crippen LogP contribution in [0, 0.1) is 40.9 Å². The van der Waals surface area contributed by atoms with Crippen LogP contribution in [0.1, 0.15) is 65.2 Å². The van der Waals surface area contributed by atoms with Crippen molar-refractivity contribution in [1.29, 1.82) is 0 Å². The van der Waals surface area contributed by atoms with E-state index >= 15 is 0 Å². The maximum Gasteiger partial charge on any atom is 0.130 e. The average Bonchev–Trinajstić information content (AvgIpc) is 2.80. The Hall–Kier alpha value is -0.780. The molecule has 126 valence electrons. The van der Waals surface area contributed by atoms with E-state index in [9.17, 15) is 10.2 Å². The van der Waals surface area contributed by atoms with Crippen LogP contribution >= 0.6 is 0 Å². The molecule has 0 aliphatic heterocycles. The number of allylic oxidation sites excluding steroid dienone is 1. The maximum atomic E-state index is 11.0. The van der Waals surface area contributed by atoms with Gasteiger partial charge in [-0.05, 0) is 74.5 Å². The second-order valence-electron chi connectivity index (χ2n) is 9.16. The van der Waals surface area contributed by atoms with Gasteiger partial charge in [-0.2, -0.15) is 0 Å². The van der Waals surface area contributed by atoms with E-state index in [1.54, 1.807) is 0 Å². The van der Waals surface area contributed by atoms with Crippen molar-refractivity contribution < 1.29 is 10.2 Å². The SMILES string of the molecule is C#C[C@]1(O)CCC2C3CC=C4CC(O)CCC4(C)C3CCC21C. The molecule has 0 amide bonds. The van der Waals surface area contributed by atoms with Gasteiger partial charge in [-0.25, -0.2) is 0 Å². The van der Waals surface area contributed by atoms with E-state index < -0.39 is 5.60 Å². The zero-order chi connectivity index (χ0) is 16.5. The van der Waals surface area contributed by atoms with Crippen LogP contribution in [-0.4, -0.2) is 21.9 Å². The molecule has 2 N–H and O–H groups in total. The summed E-state index contributed by atoms with van der Waals surface area (Å²) in [5, 5.41) is 21.0. The molecule has 0 bridgehead atoms. The topological polar surface area (TPSA) is 40.5 Å². The molecule has 3 fully saturated rings. The number of rotatable bonds is 0. The molecule has 4 aliphatic carbocycles. The van der Waals surface area contributed by atoms with Gasteiger partial charge in [0.15, 0.2) is 0 Å². The van der Waals surface area contributed by atoms with Gasteiger partial charge >= 0.3 is 0 Å². The quantitative estimate of drug-likeness (QED) is 0.529. The molecule has 2 nitrogen and oxygen atoms in total. The fourth-order valence-electron chi connectivity index (χ4n) is 6.89. The fourth-order valence-corrected chi connectivity index (χ4v) is 6.89. The molecule has 0 saturated heterocycles. The van der Waals surface area contributed by atoms with Gasteiger partial charge in [0.1, 0.15) is 5.60 Å². The molecule has 3 saturated carbocycles. The van der Waals surface area contributed by atoms with E-state index in [1.807, 2.05) is 0 Å². The molecular formula is C21H30O2. The summed E-state index contributed by atoms with van der Waals surface area (Å²) >= 11 is 0. The average molecular weight is 314 g/mol. The summed E-state index contributed by atoms with van der Waals surface area (Å²) in [7, 11) is 0. The monoisotopic (exact) mass is 314 g/mol. The molecule has 0 aromatic rings. The molecule has 0 spiro atoms. The highest BCUT2D eigenvalue weighted by atomic mass is 16.3. The lowest BCUT2D eigenvalue weighted by Gasteiger charge is -2.58. The highest BCUT2D eigenvalue weighted by Gasteiger charge is 2.63. The van der Waals surface area contributed by atoms with Crippen molar-refractivity contribution in [2.24, 2.45) is 28.6 Å². The molecule has 0 radical (unpaired) electrons. The Labute approximate surface area is 140 Å². The smallest absolute Gasteiger partial charge is 0.130 e. The lowest BCUT2D eigenvalue weighted by Crippen LogP contribution is -2.54. The first-order chi connectivity index (χ1) is 10.8. The van der Waals surface area contributed by atoms with Crippen LogP contribution in [0.15, 0.2) is 11.6 Å². The third-order valence-corrected chi connectivity index (χ3v) is 8.47. The van der Waals surface area contributed by atoms with Crippen LogP contribution in [0.5, 0.6) is 0 Å². The van der Waals surface area contributed by atoms with Crippen LogP contribution in [0.4, 0.5) is 0 Å². The number of hydrogen-bond donors (Lipinski definition) is 2. The molecule has 2 heteroatoms. The Morgan fingerprint density at radius 1 is 1.13 bits per heavy atom. The number of aliphatic hydroxyl groups excluding tert-OH is 1. The van der Waals surface area contributed by atoms with E-state index in [-0.39, 0.29) is 16.9 Å². The van der Waals surface area contributed by atoms with Gasteiger partial charge in [-0.15, -0.1) is 6.42 Å². The normalized spacial score (nSPS) is 55.2. The first kappa shape index (κ1) is 15.7. The van der Waals surface area contributed by atoms with E-state index in [0.29, 0.717) is 17.8 Å². The Morgan fingerprint density at radius 2 is 1.87 bits per heavy atom. The van der Waals surface area contributed by atoms with Crippen molar-refractivity contribution in [2.45, 2.75) is 76.9 Å². The molecule has 0 aromatic carbocycles. The van der Waals surface area contributed by atoms with Gasteiger partial charge in [0.2, 0.25) is 0 Å². The van der Waals surface area contributed by atoms with Gasteiger partial charge in [0, 0.05) is 5.41 Å². The molecule has 6 unspecified atom stereocenters. The highest BCUT2D eigenvalue weighted by Crippen LogP contribution is 2.66. The summed E-state index contributed by atoms with van der Waals surface area (Å²) in [5.41, 5.74) is 0.751. The lowest BCUT2D eigenvalue weighted by atomic mass is 9.47. The van der Waals surface area contributed by atoms with Crippen molar-refractivity contribution in [3.05, 3.63) is 11.6 Å². The van der Waals surface area contributed by atoms with Crippen LogP contribution in [-0.2, 0) is 0 Å². The Kier molecular flexibility index (Phi) is 3.33. The van der Waals surface area contributed by atoms with Gasteiger partial charge < -0.3 is 10.2 Å². The largest absolute Gasteiger partial charge is 0.393 e. The summed E-state index contributed by atoms with van der Waals surface area (Å²) in [6.07, 6.45) is 16.1.